The second-order valence-electron chi connectivity index (χ2n) is 5.02. The van der Waals surface area contributed by atoms with Gasteiger partial charge in [0, 0.05) is 24.8 Å². The van der Waals surface area contributed by atoms with Gasteiger partial charge in [-0.05, 0) is 47.7 Å². The van der Waals surface area contributed by atoms with E-state index in [1.807, 2.05) is 18.2 Å². The largest absolute Gasteiger partial charge is 0.481 e. The number of rotatable bonds is 4. The molecule has 1 aliphatic carbocycles. The lowest BCUT2D eigenvalue weighted by Crippen LogP contribution is -2.18. The molecule has 1 aliphatic rings. The highest BCUT2D eigenvalue weighted by Crippen LogP contribution is 2.31. The molecule has 0 saturated heterocycles. The molecule has 0 bridgehead atoms. The Hall–Kier alpha value is -1.94. The van der Waals surface area contributed by atoms with Crippen molar-refractivity contribution in [3.8, 4) is 5.88 Å². The van der Waals surface area contributed by atoms with E-state index < -0.39 is 0 Å². The van der Waals surface area contributed by atoms with E-state index in [4.69, 9.17) is 4.74 Å². The molecule has 1 N–H and O–H groups in total. The topological polar surface area (TPSA) is 34.1 Å². The molecule has 0 fully saturated rings. The highest BCUT2D eigenvalue weighted by molar-refractivity contribution is 5.35. The first-order valence-electron chi connectivity index (χ1n) is 6.77. The second-order valence-corrected chi connectivity index (χ2v) is 5.02. The lowest BCUT2D eigenvalue weighted by atomic mass is 10.1. The number of halogens is 1. The van der Waals surface area contributed by atoms with Crippen molar-refractivity contribution in [1.82, 2.24) is 10.3 Å². The number of nitrogens with one attached hydrogen (secondary N) is 1. The fourth-order valence-corrected chi connectivity index (χ4v) is 2.71. The van der Waals surface area contributed by atoms with Gasteiger partial charge in [0.2, 0.25) is 5.88 Å². The molecule has 1 unspecified atom stereocenters. The highest BCUT2D eigenvalue weighted by Gasteiger charge is 2.22. The Balaban J connectivity index is 1.68. The van der Waals surface area contributed by atoms with E-state index in [2.05, 4.69) is 10.3 Å². The van der Waals surface area contributed by atoms with E-state index in [1.54, 1.807) is 19.4 Å². The van der Waals surface area contributed by atoms with Gasteiger partial charge in [-0.2, -0.15) is 0 Å². The summed E-state index contributed by atoms with van der Waals surface area (Å²) in [5, 5.41) is 3.52. The van der Waals surface area contributed by atoms with E-state index in [9.17, 15) is 4.39 Å². The van der Waals surface area contributed by atoms with Crippen molar-refractivity contribution in [3.05, 3.63) is 59.0 Å². The highest BCUT2D eigenvalue weighted by atomic mass is 19.1. The molecule has 1 atom stereocenters. The van der Waals surface area contributed by atoms with Crippen LogP contribution in [-0.2, 0) is 13.0 Å². The maximum atomic E-state index is 13.2. The Morgan fingerprint density at radius 1 is 1.35 bits per heavy atom. The van der Waals surface area contributed by atoms with Gasteiger partial charge in [0.25, 0.3) is 0 Å². The van der Waals surface area contributed by atoms with Crippen molar-refractivity contribution in [2.45, 2.75) is 25.4 Å². The number of aryl methyl sites for hydroxylation is 1. The van der Waals surface area contributed by atoms with Crippen LogP contribution < -0.4 is 10.1 Å². The van der Waals surface area contributed by atoms with E-state index in [1.165, 1.54) is 11.6 Å². The second kappa shape index (κ2) is 5.59. The standard InChI is InChI=1S/C16H17FN2O/c1-20-16-8-11(6-7-18-16)10-19-15-5-2-12-9-13(17)3-4-14(12)15/h3-4,6-9,15,19H,2,5,10H2,1H3. The van der Waals surface area contributed by atoms with Crippen LogP contribution in [0.1, 0.15) is 29.2 Å². The van der Waals surface area contributed by atoms with E-state index in [0.717, 1.165) is 30.5 Å². The molecule has 3 rings (SSSR count). The molecule has 1 aromatic heterocycles. The summed E-state index contributed by atoms with van der Waals surface area (Å²) in [5.41, 5.74) is 3.47. The molecule has 2 aromatic rings. The van der Waals surface area contributed by atoms with Gasteiger partial charge in [0.05, 0.1) is 7.11 Å². The molecule has 0 spiro atoms. The van der Waals surface area contributed by atoms with Crippen LogP contribution in [0.2, 0.25) is 0 Å². The molecule has 0 amide bonds. The van der Waals surface area contributed by atoms with Crippen LogP contribution in [0.15, 0.2) is 36.5 Å². The molecule has 104 valence electrons. The summed E-state index contributed by atoms with van der Waals surface area (Å²) in [5.74, 6) is 0.474. The number of benzene rings is 1. The fourth-order valence-electron chi connectivity index (χ4n) is 2.71. The quantitative estimate of drug-likeness (QED) is 0.929. The van der Waals surface area contributed by atoms with Crippen molar-refractivity contribution in [2.75, 3.05) is 7.11 Å². The summed E-state index contributed by atoms with van der Waals surface area (Å²) in [6.45, 7) is 0.750. The number of fused-ring (bicyclic) bond motifs is 1. The van der Waals surface area contributed by atoms with Crippen molar-refractivity contribution in [1.29, 1.82) is 0 Å². The number of hydrogen-bond donors (Lipinski definition) is 1. The maximum Gasteiger partial charge on any atom is 0.213 e. The van der Waals surface area contributed by atoms with Gasteiger partial charge >= 0.3 is 0 Å². The Morgan fingerprint density at radius 3 is 3.10 bits per heavy atom. The minimum absolute atomic E-state index is 0.150. The Bertz CT molecular complexity index is 615. The zero-order chi connectivity index (χ0) is 13.9. The summed E-state index contributed by atoms with van der Waals surface area (Å²) < 4.78 is 18.3. The first-order valence-corrected chi connectivity index (χ1v) is 6.77. The molecule has 0 aliphatic heterocycles. The summed E-state index contributed by atoms with van der Waals surface area (Å²) >= 11 is 0. The third-order valence-electron chi connectivity index (χ3n) is 3.74. The Morgan fingerprint density at radius 2 is 2.25 bits per heavy atom. The average molecular weight is 272 g/mol. The third-order valence-corrected chi connectivity index (χ3v) is 3.74. The summed E-state index contributed by atoms with van der Waals surface area (Å²) in [6, 6.07) is 9.26. The van der Waals surface area contributed by atoms with Crippen molar-refractivity contribution >= 4 is 0 Å². The lowest BCUT2D eigenvalue weighted by molar-refractivity contribution is 0.396. The SMILES string of the molecule is COc1cc(CNC2CCc3cc(F)ccc32)ccn1. The molecule has 3 nitrogen and oxygen atoms in total. The molecule has 20 heavy (non-hydrogen) atoms. The molecule has 4 heteroatoms. The molecular formula is C16H17FN2O. The number of nitrogens with zero attached hydrogens (tertiary/aromatic N) is 1. The predicted molar refractivity (Wildman–Crippen MR) is 75.1 cm³/mol. The lowest BCUT2D eigenvalue weighted by Gasteiger charge is -2.14. The average Bonchev–Trinajstić information content (AvgIpc) is 2.87. The first kappa shape index (κ1) is 13.1. The zero-order valence-corrected chi connectivity index (χ0v) is 11.4. The minimum atomic E-state index is -0.150. The van der Waals surface area contributed by atoms with E-state index >= 15 is 0 Å². The normalized spacial score (nSPS) is 17.0. The van der Waals surface area contributed by atoms with Gasteiger partial charge in [-0.15, -0.1) is 0 Å². The monoisotopic (exact) mass is 272 g/mol. The van der Waals surface area contributed by atoms with Crippen molar-refractivity contribution < 1.29 is 9.13 Å². The van der Waals surface area contributed by atoms with E-state index in [0.29, 0.717) is 11.9 Å². The molecular weight excluding hydrogens is 255 g/mol. The van der Waals surface area contributed by atoms with Gasteiger partial charge in [0.1, 0.15) is 5.82 Å². The minimum Gasteiger partial charge on any atom is -0.481 e. The molecule has 1 heterocycles. The van der Waals surface area contributed by atoms with E-state index in [-0.39, 0.29) is 5.82 Å². The van der Waals surface area contributed by atoms with Crippen LogP contribution in [0.25, 0.3) is 0 Å². The fraction of sp³-hybridized carbons (Fsp3) is 0.312. The van der Waals surface area contributed by atoms with Gasteiger partial charge in [-0.1, -0.05) is 6.07 Å². The first-order chi connectivity index (χ1) is 9.76. The summed E-state index contributed by atoms with van der Waals surface area (Å²) in [4.78, 5) is 4.09. The number of ether oxygens (including phenoxy) is 1. The van der Waals surface area contributed by atoms with Crippen LogP contribution in [0.3, 0.4) is 0 Å². The summed E-state index contributed by atoms with van der Waals surface area (Å²) in [7, 11) is 1.61. The Labute approximate surface area is 117 Å². The summed E-state index contributed by atoms with van der Waals surface area (Å²) in [6.07, 6.45) is 3.69. The Kier molecular flexibility index (Phi) is 3.65. The van der Waals surface area contributed by atoms with Crippen LogP contribution in [0.5, 0.6) is 5.88 Å². The number of pyridine rings is 1. The predicted octanol–water partition coefficient (Wildman–Crippen LogP) is 3.01. The molecule has 1 aromatic carbocycles. The number of methoxy groups -OCH3 is 1. The van der Waals surface area contributed by atoms with Gasteiger partial charge in [-0.25, -0.2) is 9.37 Å². The van der Waals surface area contributed by atoms with Gasteiger partial charge in [0.15, 0.2) is 0 Å². The van der Waals surface area contributed by atoms with Crippen LogP contribution in [-0.4, -0.2) is 12.1 Å². The number of hydrogen-bond acceptors (Lipinski definition) is 3. The third kappa shape index (κ3) is 2.65. The van der Waals surface area contributed by atoms with Crippen LogP contribution in [0.4, 0.5) is 4.39 Å². The van der Waals surface area contributed by atoms with Crippen molar-refractivity contribution in [3.63, 3.8) is 0 Å². The molecule has 0 saturated carbocycles. The van der Waals surface area contributed by atoms with Crippen molar-refractivity contribution in [2.24, 2.45) is 0 Å². The zero-order valence-electron chi connectivity index (χ0n) is 11.4. The smallest absolute Gasteiger partial charge is 0.213 e. The van der Waals surface area contributed by atoms with Crippen LogP contribution >= 0.6 is 0 Å². The van der Waals surface area contributed by atoms with Crippen LogP contribution in [0, 0.1) is 5.82 Å². The van der Waals surface area contributed by atoms with Gasteiger partial charge < -0.3 is 10.1 Å². The molecule has 0 radical (unpaired) electrons. The maximum absolute atomic E-state index is 13.2. The number of aromatic nitrogens is 1. The van der Waals surface area contributed by atoms with Gasteiger partial charge in [-0.3, -0.25) is 0 Å².